The first-order valence-corrected chi connectivity index (χ1v) is 4.04. The van der Waals surface area contributed by atoms with Crippen LogP contribution in [0.25, 0.3) is 0 Å². The zero-order chi connectivity index (χ0) is 7.44. The van der Waals surface area contributed by atoms with Crippen LogP contribution in [0.15, 0.2) is 12.2 Å². The summed E-state index contributed by atoms with van der Waals surface area (Å²) in [6.07, 6.45) is 0. The van der Waals surface area contributed by atoms with Gasteiger partial charge < -0.3 is 4.55 Å². The molecule has 0 saturated heterocycles. The fourth-order valence-electron chi connectivity index (χ4n) is 0.356. The van der Waals surface area contributed by atoms with E-state index in [1.54, 1.807) is 0 Å². The Hall–Kier alpha value is -0.150. The van der Waals surface area contributed by atoms with Gasteiger partial charge in [-0.15, -0.1) is 0 Å². The first-order chi connectivity index (χ1) is 4.04. The van der Waals surface area contributed by atoms with Crippen molar-refractivity contribution in [1.29, 1.82) is 0 Å². The Kier molecular flexibility index (Phi) is 3.73. The molecule has 2 nitrogen and oxygen atoms in total. The lowest BCUT2D eigenvalue weighted by molar-refractivity contribution is 0.554. The smallest absolute Gasteiger partial charge is 0.153 e. The van der Waals surface area contributed by atoms with Crippen molar-refractivity contribution in [3.05, 3.63) is 12.2 Å². The third kappa shape index (κ3) is 4.36. The van der Waals surface area contributed by atoms with Crippen molar-refractivity contribution in [3.63, 3.8) is 0 Å². The van der Waals surface area contributed by atoms with Gasteiger partial charge in [-0.05, 0) is 12.8 Å². The Morgan fingerprint density at radius 1 is 1.89 bits per heavy atom. The Morgan fingerprint density at radius 2 is 2.33 bits per heavy atom. The topological polar surface area (TPSA) is 37.3 Å². The van der Waals surface area contributed by atoms with Gasteiger partial charge in [0, 0.05) is 0 Å². The maximum Gasteiger partial charge on any atom is 0.153 e. The molecule has 54 valence electrons. The van der Waals surface area contributed by atoms with Gasteiger partial charge >= 0.3 is 0 Å². The van der Waals surface area contributed by atoms with Crippen LogP contribution in [-0.4, -0.2) is 14.5 Å². The normalized spacial score (nSPS) is 16.8. The molecule has 0 amide bonds. The highest BCUT2D eigenvalue weighted by atomic mass is 32.2. The minimum absolute atomic E-state index is 0.149. The number of hydrogen-bond acceptors (Lipinski definition) is 1. The largest absolute Gasteiger partial charge is 0.306 e. The molecule has 0 aromatic heterocycles. The van der Waals surface area contributed by atoms with Gasteiger partial charge in [-0.25, -0.2) is 4.21 Å². The molecule has 2 atom stereocenters. The van der Waals surface area contributed by atoms with Crippen LogP contribution in [0.2, 0.25) is 0 Å². The molecule has 0 aliphatic rings. The lowest BCUT2D eigenvalue weighted by Gasteiger charge is -2.05. The van der Waals surface area contributed by atoms with E-state index in [9.17, 15) is 4.21 Å². The van der Waals surface area contributed by atoms with Crippen LogP contribution < -0.4 is 0 Å². The van der Waals surface area contributed by atoms with Gasteiger partial charge in [0.1, 0.15) is 0 Å². The highest BCUT2D eigenvalue weighted by Crippen LogP contribution is 2.06. The summed E-state index contributed by atoms with van der Waals surface area (Å²) in [6.45, 7) is 7.41. The average molecular weight is 148 g/mol. The van der Waals surface area contributed by atoms with E-state index >= 15 is 0 Å². The summed E-state index contributed by atoms with van der Waals surface area (Å²) in [4.78, 5) is 0. The zero-order valence-corrected chi connectivity index (χ0v) is 6.57. The molecule has 0 radical (unpaired) electrons. The van der Waals surface area contributed by atoms with Crippen molar-refractivity contribution in [2.24, 2.45) is 5.92 Å². The van der Waals surface area contributed by atoms with E-state index in [1.807, 2.05) is 13.8 Å². The summed E-state index contributed by atoms with van der Waals surface area (Å²) in [6, 6.07) is 0. The molecule has 1 N–H and O–H groups in total. The van der Waals surface area contributed by atoms with Gasteiger partial charge in [0.2, 0.25) is 0 Å². The first kappa shape index (κ1) is 8.85. The molecule has 3 heteroatoms. The molecule has 0 bridgehead atoms. The fraction of sp³-hybridized carbons (Fsp3) is 0.667. The lowest BCUT2D eigenvalue weighted by atomic mass is 10.1. The summed E-state index contributed by atoms with van der Waals surface area (Å²) in [5, 5.41) is 0. The quantitative estimate of drug-likeness (QED) is 0.485. The molecule has 0 rings (SSSR count). The molecule has 0 heterocycles. The van der Waals surface area contributed by atoms with Crippen molar-refractivity contribution in [2.75, 3.05) is 5.75 Å². The summed E-state index contributed by atoms with van der Waals surface area (Å²) >= 11 is -1.68. The van der Waals surface area contributed by atoms with Crippen LogP contribution in [0.3, 0.4) is 0 Å². The van der Waals surface area contributed by atoms with Crippen molar-refractivity contribution in [2.45, 2.75) is 13.8 Å². The van der Waals surface area contributed by atoms with Crippen molar-refractivity contribution in [1.82, 2.24) is 0 Å². The summed E-state index contributed by atoms with van der Waals surface area (Å²) in [7, 11) is 0. The predicted octanol–water partition coefficient (Wildman–Crippen LogP) is 1.42. The van der Waals surface area contributed by atoms with Crippen LogP contribution in [-0.2, 0) is 11.1 Å². The van der Waals surface area contributed by atoms with Crippen molar-refractivity contribution >= 4 is 11.1 Å². The molecule has 9 heavy (non-hydrogen) atoms. The molecule has 2 unspecified atom stereocenters. The van der Waals surface area contributed by atoms with Crippen LogP contribution >= 0.6 is 0 Å². The molecule has 0 aliphatic carbocycles. The number of allylic oxidation sites excluding steroid dienone is 1. The van der Waals surface area contributed by atoms with Crippen LogP contribution in [0, 0.1) is 5.92 Å². The van der Waals surface area contributed by atoms with E-state index in [4.69, 9.17) is 4.55 Å². The second kappa shape index (κ2) is 3.80. The summed E-state index contributed by atoms with van der Waals surface area (Å²) in [5.41, 5.74) is 0.956. The van der Waals surface area contributed by atoms with Crippen molar-refractivity contribution in [3.8, 4) is 0 Å². The summed E-state index contributed by atoms with van der Waals surface area (Å²) < 4.78 is 18.6. The standard InChI is InChI=1S/C6H12O2S/c1-5(2)6(3)4-9(7)8/h6H,1,4H2,2-3H3,(H,7,8). The van der Waals surface area contributed by atoms with Gasteiger partial charge in [-0.2, -0.15) is 0 Å². The van der Waals surface area contributed by atoms with Crippen LogP contribution in [0.5, 0.6) is 0 Å². The van der Waals surface area contributed by atoms with E-state index < -0.39 is 11.1 Å². The molecular weight excluding hydrogens is 136 g/mol. The Balaban J connectivity index is 3.63. The van der Waals surface area contributed by atoms with Crippen LogP contribution in [0.4, 0.5) is 0 Å². The first-order valence-electron chi connectivity index (χ1n) is 2.77. The predicted molar refractivity (Wildman–Crippen MR) is 39.6 cm³/mol. The van der Waals surface area contributed by atoms with Crippen molar-refractivity contribution < 1.29 is 8.76 Å². The van der Waals surface area contributed by atoms with Crippen LogP contribution in [0.1, 0.15) is 13.8 Å². The highest BCUT2D eigenvalue weighted by Gasteiger charge is 2.04. The Bertz CT molecular complexity index is 131. The molecule has 0 aliphatic heterocycles. The van der Waals surface area contributed by atoms with E-state index in [0.29, 0.717) is 5.75 Å². The molecule has 0 spiro atoms. The van der Waals surface area contributed by atoms with Gasteiger partial charge in [0.15, 0.2) is 11.1 Å². The second-order valence-electron chi connectivity index (χ2n) is 2.24. The fourth-order valence-corrected chi connectivity index (χ4v) is 1.07. The molecule has 0 saturated carbocycles. The monoisotopic (exact) mass is 148 g/mol. The van der Waals surface area contributed by atoms with Gasteiger partial charge in [0.05, 0.1) is 5.75 Å². The maximum absolute atomic E-state index is 10.2. The van der Waals surface area contributed by atoms with E-state index in [0.717, 1.165) is 5.57 Å². The molecule has 0 aromatic carbocycles. The van der Waals surface area contributed by atoms with Gasteiger partial charge in [-0.3, -0.25) is 0 Å². The van der Waals surface area contributed by atoms with E-state index in [1.165, 1.54) is 0 Å². The van der Waals surface area contributed by atoms with E-state index in [2.05, 4.69) is 6.58 Å². The minimum atomic E-state index is -1.68. The third-order valence-electron chi connectivity index (χ3n) is 1.23. The molecule has 0 fully saturated rings. The Morgan fingerprint density at radius 3 is 2.44 bits per heavy atom. The zero-order valence-electron chi connectivity index (χ0n) is 5.76. The van der Waals surface area contributed by atoms with Gasteiger partial charge in [-0.1, -0.05) is 19.1 Å². The second-order valence-corrected chi connectivity index (χ2v) is 3.21. The van der Waals surface area contributed by atoms with E-state index in [-0.39, 0.29) is 5.92 Å². The molecule has 0 aromatic rings. The highest BCUT2D eigenvalue weighted by molar-refractivity contribution is 7.79. The number of hydrogen-bond donors (Lipinski definition) is 1. The maximum atomic E-state index is 10.2. The average Bonchev–Trinajstić information content (AvgIpc) is 1.63. The summed E-state index contributed by atoms with van der Waals surface area (Å²) in [5.74, 6) is 0.450. The SMILES string of the molecule is C=C(C)C(C)CS(=O)O. The number of rotatable bonds is 3. The van der Waals surface area contributed by atoms with Gasteiger partial charge in [0.25, 0.3) is 0 Å². The molecular formula is C6H12O2S. The Labute approximate surface area is 58.3 Å². The third-order valence-corrected chi connectivity index (χ3v) is 2.02. The lowest BCUT2D eigenvalue weighted by Crippen LogP contribution is -2.06. The minimum Gasteiger partial charge on any atom is -0.306 e.